The number of carbonyl (C=O) groups excluding carboxylic acids is 2. The van der Waals surface area contributed by atoms with Crippen LogP contribution in [0.2, 0.25) is 0 Å². The number of rotatable bonds is 4. The van der Waals surface area contributed by atoms with Crippen molar-refractivity contribution < 1.29 is 9.59 Å². The molecule has 6 nitrogen and oxygen atoms in total. The number of anilines is 1. The summed E-state index contributed by atoms with van der Waals surface area (Å²) in [5.41, 5.74) is 2.54. The van der Waals surface area contributed by atoms with Gasteiger partial charge in [-0.2, -0.15) is 0 Å². The SMILES string of the molecule is Cc1cnc(NC(=O)[C@@H](C(C)C)N2Cc3ccccc3C2=O)nc1. The summed E-state index contributed by atoms with van der Waals surface area (Å²) in [7, 11) is 0. The average molecular weight is 324 g/mol. The highest BCUT2D eigenvalue weighted by molar-refractivity contribution is 6.03. The molecule has 1 aliphatic rings. The first-order valence-corrected chi connectivity index (χ1v) is 7.95. The molecule has 1 atom stereocenters. The van der Waals surface area contributed by atoms with Gasteiger partial charge in [-0.25, -0.2) is 9.97 Å². The van der Waals surface area contributed by atoms with Gasteiger partial charge in [-0.3, -0.25) is 14.9 Å². The number of hydrogen-bond acceptors (Lipinski definition) is 4. The monoisotopic (exact) mass is 324 g/mol. The molecule has 3 rings (SSSR count). The molecule has 2 amide bonds. The zero-order valence-corrected chi connectivity index (χ0v) is 14.0. The fourth-order valence-electron chi connectivity index (χ4n) is 2.95. The van der Waals surface area contributed by atoms with Gasteiger partial charge in [-0.05, 0) is 30.0 Å². The van der Waals surface area contributed by atoms with Crippen LogP contribution in [0.25, 0.3) is 0 Å². The lowest BCUT2D eigenvalue weighted by Crippen LogP contribution is -2.47. The fourth-order valence-corrected chi connectivity index (χ4v) is 2.95. The quantitative estimate of drug-likeness (QED) is 0.937. The van der Waals surface area contributed by atoms with Gasteiger partial charge >= 0.3 is 0 Å². The van der Waals surface area contributed by atoms with Crippen LogP contribution >= 0.6 is 0 Å². The van der Waals surface area contributed by atoms with E-state index in [2.05, 4.69) is 15.3 Å². The Morgan fingerprint density at radius 2 is 1.88 bits per heavy atom. The second-order valence-electron chi connectivity index (χ2n) is 6.35. The Hall–Kier alpha value is -2.76. The van der Waals surface area contributed by atoms with Gasteiger partial charge in [0.05, 0.1) is 0 Å². The highest BCUT2D eigenvalue weighted by Crippen LogP contribution is 2.27. The van der Waals surface area contributed by atoms with Gasteiger partial charge in [-0.1, -0.05) is 32.0 Å². The fraction of sp³-hybridized carbons (Fsp3) is 0.333. The number of aromatic nitrogens is 2. The number of nitrogens with one attached hydrogen (secondary N) is 1. The Morgan fingerprint density at radius 3 is 2.50 bits per heavy atom. The van der Waals surface area contributed by atoms with Gasteiger partial charge < -0.3 is 4.90 Å². The highest BCUT2D eigenvalue weighted by atomic mass is 16.2. The summed E-state index contributed by atoms with van der Waals surface area (Å²) in [5.74, 6) is -0.159. The Labute approximate surface area is 140 Å². The van der Waals surface area contributed by atoms with E-state index < -0.39 is 6.04 Å². The Bertz CT molecular complexity index is 771. The number of fused-ring (bicyclic) bond motifs is 1. The second kappa shape index (κ2) is 6.39. The summed E-state index contributed by atoms with van der Waals surface area (Å²) < 4.78 is 0. The van der Waals surface area contributed by atoms with Gasteiger partial charge in [0.15, 0.2) is 0 Å². The maximum absolute atomic E-state index is 12.7. The normalized spacial score (nSPS) is 14.7. The third-order valence-electron chi connectivity index (χ3n) is 4.10. The Balaban J connectivity index is 1.82. The van der Waals surface area contributed by atoms with Gasteiger partial charge in [0.25, 0.3) is 5.91 Å². The molecule has 0 radical (unpaired) electrons. The summed E-state index contributed by atoms with van der Waals surface area (Å²) in [6.45, 7) is 6.18. The van der Waals surface area contributed by atoms with Crippen LogP contribution in [0.3, 0.4) is 0 Å². The van der Waals surface area contributed by atoms with Crippen LogP contribution in [-0.2, 0) is 11.3 Å². The van der Waals surface area contributed by atoms with Crippen LogP contribution in [0.1, 0.15) is 35.3 Å². The summed E-state index contributed by atoms with van der Waals surface area (Å²) >= 11 is 0. The van der Waals surface area contributed by atoms with Crippen molar-refractivity contribution in [2.75, 3.05) is 5.32 Å². The van der Waals surface area contributed by atoms with Crippen molar-refractivity contribution in [1.29, 1.82) is 0 Å². The predicted molar refractivity (Wildman–Crippen MR) is 90.3 cm³/mol. The molecule has 6 heteroatoms. The van der Waals surface area contributed by atoms with Crippen molar-refractivity contribution in [2.45, 2.75) is 33.4 Å². The zero-order chi connectivity index (χ0) is 17.3. The minimum Gasteiger partial charge on any atom is -0.322 e. The van der Waals surface area contributed by atoms with Gasteiger partial charge in [0.2, 0.25) is 11.9 Å². The summed E-state index contributed by atoms with van der Waals surface area (Å²) in [5, 5.41) is 2.72. The molecule has 1 aromatic carbocycles. The van der Waals surface area contributed by atoms with E-state index in [1.807, 2.05) is 39.0 Å². The Morgan fingerprint density at radius 1 is 1.21 bits per heavy atom. The molecule has 2 heterocycles. The molecule has 1 aliphatic heterocycles. The summed E-state index contributed by atoms with van der Waals surface area (Å²) in [6.07, 6.45) is 3.29. The number of hydrogen-bond donors (Lipinski definition) is 1. The molecule has 0 fully saturated rings. The van der Waals surface area contributed by atoms with Gasteiger partial charge in [0.1, 0.15) is 6.04 Å². The molecule has 1 aromatic heterocycles. The average Bonchev–Trinajstić information content (AvgIpc) is 2.87. The molecule has 1 N–H and O–H groups in total. The molecular formula is C18H20N4O2. The van der Waals surface area contributed by atoms with E-state index in [9.17, 15) is 9.59 Å². The van der Waals surface area contributed by atoms with E-state index >= 15 is 0 Å². The topological polar surface area (TPSA) is 75.2 Å². The molecule has 0 saturated carbocycles. The molecule has 0 bridgehead atoms. The van der Waals surface area contributed by atoms with E-state index in [-0.39, 0.29) is 23.7 Å². The van der Waals surface area contributed by atoms with E-state index in [0.29, 0.717) is 12.1 Å². The smallest absolute Gasteiger partial charge is 0.255 e. The van der Waals surface area contributed by atoms with E-state index in [1.165, 1.54) is 0 Å². The highest BCUT2D eigenvalue weighted by Gasteiger charge is 2.38. The molecule has 0 unspecified atom stereocenters. The van der Waals surface area contributed by atoms with E-state index in [0.717, 1.165) is 11.1 Å². The molecule has 0 saturated heterocycles. The largest absolute Gasteiger partial charge is 0.322 e. The first kappa shape index (κ1) is 16.1. The van der Waals surface area contributed by atoms with Crippen LogP contribution in [0.15, 0.2) is 36.7 Å². The van der Waals surface area contributed by atoms with Gasteiger partial charge in [0, 0.05) is 24.5 Å². The number of carbonyl (C=O) groups is 2. The molecule has 24 heavy (non-hydrogen) atoms. The number of amides is 2. The lowest BCUT2D eigenvalue weighted by Gasteiger charge is -2.29. The second-order valence-corrected chi connectivity index (χ2v) is 6.35. The number of benzene rings is 1. The van der Waals surface area contributed by atoms with Crippen molar-refractivity contribution in [3.05, 3.63) is 53.3 Å². The van der Waals surface area contributed by atoms with Crippen LogP contribution in [0.5, 0.6) is 0 Å². The lowest BCUT2D eigenvalue weighted by molar-refractivity contribution is -0.122. The van der Waals surface area contributed by atoms with Crippen molar-refractivity contribution >= 4 is 17.8 Å². The summed E-state index contributed by atoms with van der Waals surface area (Å²) in [6, 6.07) is 6.89. The third kappa shape index (κ3) is 2.99. The maximum atomic E-state index is 12.7. The van der Waals surface area contributed by atoms with Crippen LogP contribution < -0.4 is 5.32 Å². The first-order chi connectivity index (χ1) is 11.5. The van der Waals surface area contributed by atoms with Crippen molar-refractivity contribution in [3.63, 3.8) is 0 Å². The molecule has 124 valence electrons. The molecule has 2 aromatic rings. The number of aryl methyl sites for hydroxylation is 1. The first-order valence-electron chi connectivity index (χ1n) is 7.95. The maximum Gasteiger partial charge on any atom is 0.255 e. The van der Waals surface area contributed by atoms with Crippen molar-refractivity contribution in [1.82, 2.24) is 14.9 Å². The molecular weight excluding hydrogens is 304 g/mol. The van der Waals surface area contributed by atoms with Crippen LogP contribution in [0.4, 0.5) is 5.95 Å². The third-order valence-corrected chi connectivity index (χ3v) is 4.10. The van der Waals surface area contributed by atoms with Crippen molar-refractivity contribution in [3.8, 4) is 0 Å². The summed E-state index contributed by atoms with van der Waals surface area (Å²) in [4.78, 5) is 35.2. The predicted octanol–water partition coefficient (Wildman–Crippen LogP) is 2.40. The molecule has 0 aliphatic carbocycles. The Kier molecular flexibility index (Phi) is 4.29. The van der Waals surface area contributed by atoms with Crippen LogP contribution in [0, 0.1) is 12.8 Å². The van der Waals surface area contributed by atoms with E-state index in [4.69, 9.17) is 0 Å². The molecule has 0 spiro atoms. The van der Waals surface area contributed by atoms with Crippen molar-refractivity contribution in [2.24, 2.45) is 5.92 Å². The minimum atomic E-state index is -0.574. The minimum absolute atomic E-state index is 0.0336. The number of nitrogens with zero attached hydrogens (tertiary/aromatic N) is 3. The standard InChI is InChI=1S/C18H20N4O2/c1-11(2)15(16(23)21-18-19-8-12(3)9-20-18)22-10-13-6-4-5-7-14(13)17(22)24/h4-9,11,15H,10H2,1-3H3,(H,19,20,21,23)/t15-/m1/s1. The van der Waals surface area contributed by atoms with Gasteiger partial charge in [-0.15, -0.1) is 0 Å². The zero-order valence-electron chi connectivity index (χ0n) is 14.0. The van der Waals surface area contributed by atoms with Crippen LogP contribution in [-0.4, -0.2) is 32.7 Å². The van der Waals surface area contributed by atoms with E-state index in [1.54, 1.807) is 23.4 Å². The lowest BCUT2D eigenvalue weighted by atomic mass is 10.0.